The fraction of sp³-hybridized carbons (Fsp3) is 0.385. The molecule has 4 rings (SSSR count). The minimum atomic E-state index is -0.0885. The van der Waals surface area contributed by atoms with E-state index in [1.54, 1.807) is 20.4 Å². The van der Waals surface area contributed by atoms with Crippen molar-refractivity contribution >= 4 is 18.3 Å². The first-order valence-electron chi connectivity index (χ1n) is 11.5. The van der Waals surface area contributed by atoms with E-state index in [4.69, 9.17) is 9.47 Å². The lowest BCUT2D eigenvalue weighted by atomic mass is 9.91. The molecule has 2 heterocycles. The SMILES string of the molecule is COc1ccc(CCNC(=O)c2cnn(-c3ccc(C)cc3)c2C2CCNCC2)c(OC)c1.Cl. The molecule has 3 aromatic rings. The number of rotatable bonds is 8. The van der Waals surface area contributed by atoms with Crippen LogP contribution in [0, 0.1) is 6.92 Å². The Bertz CT molecular complexity index is 1090. The Kier molecular flexibility index (Phi) is 8.96. The zero-order valence-corrected chi connectivity index (χ0v) is 20.8. The molecule has 0 atom stereocenters. The van der Waals surface area contributed by atoms with Gasteiger partial charge in [0.05, 0.1) is 37.4 Å². The summed E-state index contributed by atoms with van der Waals surface area (Å²) in [7, 11) is 3.27. The van der Waals surface area contributed by atoms with Gasteiger partial charge in [-0.25, -0.2) is 4.68 Å². The molecule has 1 aliphatic heterocycles. The van der Waals surface area contributed by atoms with Gasteiger partial charge in [-0.3, -0.25) is 4.79 Å². The van der Waals surface area contributed by atoms with E-state index in [-0.39, 0.29) is 24.2 Å². The third-order valence-corrected chi connectivity index (χ3v) is 6.23. The Labute approximate surface area is 207 Å². The predicted octanol–water partition coefficient (Wildman–Crippen LogP) is 4.06. The highest BCUT2D eigenvalue weighted by atomic mass is 35.5. The molecule has 1 fully saturated rings. The summed E-state index contributed by atoms with van der Waals surface area (Å²) in [6.07, 6.45) is 4.34. The number of aryl methyl sites for hydroxylation is 1. The zero-order valence-electron chi connectivity index (χ0n) is 20.0. The minimum absolute atomic E-state index is 0. The number of benzene rings is 2. The molecule has 0 aliphatic carbocycles. The molecule has 2 N–H and O–H groups in total. The van der Waals surface area contributed by atoms with Crippen LogP contribution in [0.2, 0.25) is 0 Å². The summed E-state index contributed by atoms with van der Waals surface area (Å²) in [5.74, 6) is 1.70. The van der Waals surface area contributed by atoms with Crippen LogP contribution in [0.15, 0.2) is 48.7 Å². The van der Waals surface area contributed by atoms with E-state index < -0.39 is 0 Å². The zero-order chi connectivity index (χ0) is 23.2. The maximum Gasteiger partial charge on any atom is 0.254 e. The van der Waals surface area contributed by atoms with Crippen molar-refractivity contribution in [2.75, 3.05) is 33.9 Å². The Balaban J connectivity index is 0.00000324. The number of halogens is 1. The standard InChI is InChI=1S/C26H32N4O3.ClH/c1-18-4-7-21(8-5-18)30-25(20-10-13-27-14-11-20)23(17-29-30)26(31)28-15-12-19-6-9-22(32-2)16-24(19)33-3;/h4-9,16-17,20,27H,10-15H2,1-3H3,(H,28,31);1H. The first-order chi connectivity index (χ1) is 16.1. The van der Waals surface area contributed by atoms with Crippen LogP contribution < -0.4 is 20.1 Å². The van der Waals surface area contributed by atoms with Gasteiger partial charge in [0.2, 0.25) is 0 Å². The van der Waals surface area contributed by atoms with Gasteiger partial charge in [-0.15, -0.1) is 12.4 Å². The Morgan fingerprint density at radius 3 is 2.53 bits per heavy atom. The monoisotopic (exact) mass is 484 g/mol. The lowest BCUT2D eigenvalue weighted by Gasteiger charge is -2.24. The summed E-state index contributed by atoms with van der Waals surface area (Å²) in [5.41, 5.74) is 4.86. The second-order valence-corrected chi connectivity index (χ2v) is 8.40. The average molecular weight is 485 g/mol. The van der Waals surface area contributed by atoms with Gasteiger partial charge in [0.15, 0.2) is 0 Å². The number of hydrogen-bond acceptors (Lipinski definition) is 5. The highest BCUT2D eigenvalue weighted by molar-refractivity contribution is 5.95. The first kappa shape index (κ1) is 25.6. The van der Waals surface area contributed by atoms with E-state index in [9.17, 15) is 4.79 Å². The lowest BCUT2D eigenvalue weighted by Crippen LogP contribution is -2.31. The molecule has 2 aromatic carbocycles. The molecular formula is C26H33ClN4O3. The maximum atomic E-state index is 13.2. The van der Waals surface area contributed by atoms with Gasteiger partial charge in [-0.2, -0.15) is 5.10 Å². The van der Waals surface area contributed by atoms with Gasteiger partial charge < -0.3 is 20.1 Å². The van der Waals surface area contributed by atoms with Gasteiger partial charge in [-0.1, -0.05) is 23.8 Å². The van der Waals surface area contributed by atoms with Crippen molar-refractivity contribution in [1.82, 2.24) is 20.4 Å². The number of amides is 1. The highest BCUT2D eigenvalue weighted by Crippen LogP contribution is 2.30. The highest BCUT2D eigenvalue weighted by Gasteiger charge is 2.27. The third-order valence-electron chi connectivity index (χ3n) is 6.23. The van der Waals surface area contributed by atoms with Crippen LogP contribution in [0.5, 0.6) is 11.5 Å². The first-order valence-corrected chi connectivity index (χ1v) is 11.5. The number of ether oxygens (including phenoxy) is 2. The van der Waals surface area contributed by atoms with Gasteiger partial charge >= 0.3 is 0 Å². The molecule has 0 unspecified atom stereocenters. The van der Waals surface area contributed by atoms with E-state index in [1.807, 2.05) is 22.9 Å². The maximum absolute atomic E-state index is 13.2. The van der Waals surface area contributed by atoms with Crippen LogP contribution in [0.1, 0.15) is 45.9 Å². The molecule has 1 aromatic heterocycles. The molecule has 0 spiro atoms. The number of methoxy groups -OCH3 is 2. The predicted molar refractivity (Wildman–Crippen MR) is 136 cm³/mol. The van der Waals surface area contributed by atoms with Crippen LogP contribution >= 0.6 is 12.4 Å². The van der Waals surface area contributed by atoms with Gasteiger partial charge in [0.1, 0.15) is 11.5 Å². The normalized spacial score (nSPS) is 13.7. The molecule has 0 bridgehead atoms. The molecular weight excluding hydrogens is 452 g/mol. The van der Waals surface area contributed by atoms with Gasteiger partial charge in [-0.05, 0) is 63.0 Å². The number of carbonyl (C=O) groups is 1. The molecule has 34 heavy (non-hydrogen) atoms. The molecule has 7 nitrogen and oxygen atoms in total. The van der Waals surface area contributed by atoms with E-state index in [0.717, 1.165) is 54.4 Å². The molecule has 8 heteroatoms. The van der Waals surface area contributed by atoms with E-state index in [2.05, 4.69) is 46.9 Å². The molecule has 0 radical (unpaired) electrons. The van der Waals surface area contributed by atoms with E-state index >= 15 is 0 Å². The Hall–Kier alpha value is -3.03. The van der Waals surface area contributed by atoms with Crippen molar-refractivity contribution < 1.29 is 14.3 Å². The van der Waals surface area contributed by atoms with Crippen LogP contribution in [-0.2, 0) is 6.42 Å². The summed E-state index contributed by atoms with van der Waals surface area (Å²) in [4.78, 5) is 13.2. The lowest BCUT2D eigenvalue weighted by molar-refractivity contribution is 0.0952. The fourth-order valence-corrected chi connectivity index (χ4v) is 4.38. The minimum Gasteiger partial charge on any atom is -0.497 e. The molecule has 1 amide bonds. The molecule has 1 aliphatic rings. The number of carbonyl (C=O) groups excluding carboxylic acids is 1. The summed E-state index contributed by atoms with van der Waals surface area (Å²) in [6.45, 7) is 4.46. The van der Waals surface area contributed by atoms with Crippen LogP contribution in [-0.4, -0.2) is 49.5 Å². The average Bonchev–Trinajstić information content (AvgIpc) is 3.30. The van der Waals surface area contributed by atoms with Crippen LogP contribution in [0.25, 0.3) is 5.69 Å². The Morgan fingerprint density at radius 1 is 1.12 bits per heavy atom. The molecule has 1 saturated heterocycles. The van der Waals surface area contributed by atoms with Crippen molar-refractivity contribution in [2.24, 2.45) is 0 Å². The van der Waals surface area contributed by atoms with Gasteiger partial charge in [0.25, 0.3) is 5.91 Å². The number of aromatic nitrogens is 2. The second kappa shape index (κ2) is 11.9. The van der Waals surface area contributed by atoms with Crippen molar-refractivity contribution in [2.45, 2.75) is 32.1 Å². The van der Waals surface area contributed by atoms with E-state index in [0.29, 0.717) is 18.5 Å². The van der Waals surface area contributed by atoms with Crippen molar-refractivity contribution in [3.63, 3.8) is 0 Å². The largest absolute Gasteiger partial charge is 0.497 e. The van der Waals surface area contributed by atoms with E-state index in [1.165, 1.54) is 5.56 Å². The Morgan fingerprint density at radius 2 is 1.85 bits per heavy atom. The smallest absolute Gasteiger partial charge is 0.254 e. The number of piperidine rings is 1. The third kappa shape index (κ3) is 5.72. The molecule has 0 saturated carbocycles. The second-order valence-electron chi connectivity index (χ2n) is 8.40. The molecule has 182 valence electrons. The summed E-state index contributed by atoms with van der Waals surface area (Å²) in [5, 5.41) is 11.1. The summed E-state index contributed by atoms with van der Waals surface area (Å²) in [6, 6.07) is 14.0. The fourth-order valence-electron chi connectivity index (χ4n) is 4.38. The topological polar surface area (TPSA) is 77.4 Å². The quantitative estimate of drug-likeness (QED) is 0.504. The van der Waals surface area contributed by atoms with Gasteiger partial charge in [0, 0.05) is 18.5 Å². The van der Waals surface area contributed by atoms with Crippen molar-refractivity contribution in [3.05, 3.63) is 71.0 Å². The van der Waals surface area contributed by atoms with Crippen molar-refractivity contribution in [3.8, 4) is 17.2 Å². The van der Waals surface area contributed by atoms with Crippen molar-refractivity contribution in [1.29, 1.82) is 0 Å². The number of nitrogens with zero attached hydrogens (tertiary/aromatic N) is 2. The number of hydrogen-bond donors (Lipinski definition) is 2. The number of nitrogens with one attached hydrogen (secondary N) is 2. The summed E-state index contributed by atoms with van der Waals surface area (Å²) >= 11 is 0. The van der Waals surface area contributed by atoms with Crippen LogP contribution in [0.3, 0.4) is 0 Å². The van der Waals surface area contributed by atoms with Crippen LogP contribution in [0.4, 0.5) is 0 Å². The summed E-state index contributed by atoms with van der Waals surface area (Å²) < 4.78 is 12.7.